The molecule has 0 radical (unpaired) electrons. The standard InChI is InChI=1S/C17H21N3/c1-11-8-16(18)20(19-11)17-14-6-7-15(17)10-13-5-3-2-4-12(13)9-14/h2-5,8,14-15,17H,6-7,9-10,18H2,1H3. The molecule has 0 saturated heterocycles. The molecule has 2 aliphatic rings. The first-order valence-corrected chi connectivity index (χ1v) is 7.61. The third-order valence-corrected chi connectivity index (χ3v) is 5.13. The van der Waals surface area contributed by atoms with Crippen LogP contribution >= 0.6 is 0 Å². The van der Waals surface area contributed by atoms with Gasteiger partial charge in [-0.3, -0.25) is 0 Å². The van der Waals surface area contributed by atoms with Gasteiger partial charge in [0, 0.05) is 6.07 Å². The van der Waals surface area contributed by atoms with Crippen molar-refractivity contribution in [2.75, 3.05) is 5.73 Å². The minimum absolute atomic E-state index is 0.482. The lowest BCUT2D eigenvalue weighted by molar-refractivity contribution is 0.294. The van der Waals surface area contributed by atoms with Gasteiger partial charge in [-0.2, -0.15) is 5.10 Å². The molecule has 2 aromatic rings. The van der Waals surface area contributed by atoms with E-state index in [0.29, 0.717) is 17.9 Å². The van der Waals surface area contributed by atoms with Crippen molar-refractivity contribution in [1.82, 2.24) is 9.78 Å². The highest BCUT2D eigenvalue weighted by atomic mass is 15.3. The van der Waals surface area contributed by atoms with E-state index in [1.165, 1.54) is 36.8 Å². The van der Waals surface area contributed by atoms with Crippen LogP contribution in [0.5, 0.6) is 0 Å². The molecule has 2 unspecified atom stereocenters. The van der Waals surface area contributed by atoms with Crippen molar-refractivity contribution in [2.45, 2.75) is 38.6 Å². The quantitative estimate of drug-likeness (QED) is 0.862. The fourth-order valence-corrected chi connectivity index (χ4v) is 4.30. The summed E-state index contributed by atoms with van der Waals surface area (Å²) in [6.45, 7) is 2.03. The summed E-state index contributed by atoms with van der Waals surface area (Å²) in [6, 6.07) is 11.4. The Kier molecular flexibility index (Phi) is 2.62. The van der Waals surface area contributed by atoms with E-state index >= 15 is 0 Å². The number of nitrogens with zero attached hydrogens (tertiary/aromatic N) is 2. The summed E-state index contributed by atoms with van der Waals surface area (Å²) in [6.07, 6.45) is 4.97. The normalized spacial score (nSPS) is 28.1. The third kappa shape index (κ3) is 1.76. The van der Waals surface area contributed by atoms with Gasteiger partial charge in [-0.25, -0.2) is 4.68 Å². The van der Waals surface area contributed by atoms with Crippen LogP contribution < -0.4 is 5.73 Å². The average molecular weight is 267 g/mol. The average Bonchev–Trinajstić information content (AvgIpc) is 2.88. The van der Waals surface area contributed by atoms with Gasteiger partial charge >= 0.3 is 0 Å². The number of hydrogen-bond donors (Lipinski definition) is 1. The Hall–Kier alpha value is -1.77. The number of hydrogen-bond acceptors (Lipinski definition) is 2. The Morgan fingerprint density at radius 3 is 2.20 bits per heavy atom. The summed E-state index contributed by atoms with van der Waals surface area (Å²) < 4.78 is 2.11. The zero-order chi connectivity index (χ0) is 13.7. The van der Waals surface area contributed by atoms with Crippen LogP contribution in [0.4, 0.5) is 5.82 Å². The highest BCUT2D eigenvalue weighted by molar-refractivity contribution is 5.34. The lowest BCUT2D eigenvalue weighted by Crippen LogP contribution is -2.23. The molecule has 0 aliphatic heterocycles. The van der Waals surface area contributed by atoms with Crippen molar-refractivity contribution < 1.29 is 0 Å². The van der Waals surface area contributed by atoms with Crippen LogP contribution in [0.25, 0.3) is 0 Å². The van der Waals surface area contributed by atoms with Crippen molar-refractivity contribution in [3.05, 3.63) is 47.2 Å². The molecular formula is C17H21N3. The fraction of sp³-hybridized carbons (Fsp3) is 0.471. The largest absolute Gasteiger partial charge is 0.384 e. The molecule has 1 aromatic carbocycles. The van der Waals surface area contributed by atoms with Crippen LogP contribution in [-0.2, 0) is 12.8 Å². The number of aromatic nitrogens is 2. The molecule has 2 N–H and O–H groups in total. The van der Waals surface area contributed by atoms with E-state index in [0.717, 1.165) is 11.5 Å². The summed E-state index contributed by atoms with van der Waals surface area (Å²) in [7, 11) is 0. The van der Waals surface area contributed by atoms with Gasteiger partial charge in [0.2, 0.25) is 0 Å². The number of nitrogen functional groups attached to an aromatic ring is 1. The highest BCUT2D eigenvalue weighted by Crippen LogP contribution is 2.47. The molecule has 4 rings (SSSR count). The van der Waals surface area contributed by atoms with E-state index in [2.05, 4.69) is 34.0 Å². The van der Waals surface area contributed by atoms with E-state index in [4.69, 9.17) is 5.73 Å². The van der Waals surface area contributed by atoms with Gasteiger partial charge in [0.05, 0.1) is 11.7 Å². The zero-order valence-electron chi connectivity index (χ0n) is 11.9. The number of benzene rings is 1. The molecular weight excluding hydrogens is 246 g/mol. The zero-order valence-corrected chi connectivity index (χ0v) is 11.9. The van der Waals surface area contributed by atoms with Gasteiger partial charge in [0.15, 0.2) is 0 Å². The van der Waals surface area contributed by atoms with Crippen LogP contribution in [0.1, 0.15) is 35.7 Å². The molecule has 1 saturated carbocycles. The second-order valence-corrected chi connectivity index (χ2v) is 6.42. The number of nitrogens with two attached hydrogens (primary N) is 1. The number of rotatable bonds is 1. The maximum Gasteiger partial charge on any atom is 0.122 e. The van der Waals surface area contributed by atoms with Crippen LogP contribution in [0, 0.1) is 18.8 Å². The molecule has 3 nitrogen and oxygen atoms in total. The van der Waals surface area contributed by atoms with Gasteiger partial charge < -0.3 is 5.73 Å². The molecule has 104 valence electrons. The Balaban J connectivity index is 1.76. The smallest absolute Gasteiger partial charge is 0.122 e. The second-order valence-electron chi connectivity index (χ2n) is 6.42. The summed E-state index contributed by atoms with van der Waals surface area (Å²) in [5.74, 6) is 2.20. The molecule has 0 amide bonds. The number of anilines is 1. The van der Waals surface area contributed by atoms with Gasteiger partial charge in [0.25, 0.3) is 0 Å². The molecule has 20 heavy (non-hydrogen) atoms. The molecule has 3 heteroatoms. The lowest BCUT2D eigenvalue weighted by Gasteiger charge is -2.23. The molecule has 0 spiro atoms. The summed E-state index contributed by atoms with van der Waals surface area (Å²) in [5.41, 5.74) is 10.3. The Morgan fingerprint density at radius 2 is 1.70 bits per heavy atom. The van der Waals surface area contributed by atoms with Crippen LogP contribution in [0.3, 0.4) is 0 Å². The van der Waals surface area contributed by atoms with Crippen molar-refractivity contribution in [1.29, 1.82) is 0 Å². The summed E-state index contributed by atoms with van der Waals surface area (Å²) in [5, 5.41) is 4.67. The Bertz CT molecular complexity index is 610. The first-order chi connectivity index (χ1) is 9.72. The fourth-order valence-electron chi connectivity index (χ4n) is 4.30. The molecule has 1 heterocycles. The summed E-state index contributed by atoms with van der Waals surface area (Å²) >= 11 is 0. The van der Waals surface area contributed by atoms with Crippen LogP contribution in [0.15, 0.2) is 30.3 Å². The monoisotopic (exact) mass is 267 g/mol. The van der Waals surface area contributed by atoms with Crippen molar-refractivity contribution >= 4 is 5.82 Å². The molecule has 1 fully saturated rings. The lowest BCUT2D eigenvalue weighted by atomic mass is 9.94. The minimum atomic E-state index is 0.482. The highest BCUT2D eigenvalue weighted by Gasteiger charge is 2.41. The molecule has 2 atom stereocenters. The number of fused-ring (bicyclic) bond motifs is 3. The maximum atomic E-state index is 6.18. The van der Waals surface area contributed by atoms with Crippen molar-refractivity contribution in [3.8, 4) is 0 Å². The third-order valence-electron chi connectivity index (χ3n) is 5.13. The van der Waals surface area contributed by atoms with E-state index < -0.39 is 0 Å². The van der Waals surface area contributed by atoms with E-state index in [-0.39, 0.29) is 0 Å². The molecule has 2 bridgehead atoms. The molecule has 2 aliphatic carbocycles. The van der Waals surface area contributed by atoms with Gasteiger partial charge in [0.1, 0.15) is 5.82 Å². The van der Waals surface area contributed by atoms with Crippen LogP contribution in [-0.4, -0.2) is 9.78 Å². The van der Waals surface area contributed by atoms with Gasteiger partial charge in [-0.15, -0.1) is 0 Å². The first-order valence-electron chi connectivity index (χ1n) is 7.61. The van der Waals surface area contributed by atoms with Gasteiger partial charge in [-0.1, -0.05) is 24.3 Å². The van der Waals surface area contributed by atoms with Crippen molar-refractivity contribution in [3.63, 3.8) is 0 Å². The van der Waals surface area contributed by atoms with Crippen LogP contribution in [0.2, 0.25) is 0 Å². The Morgan fingerprint density at radius 1 is 1.10 bits per heavy atom. The SMILES string of the molecule is Cc1cc(N)n(C2C3CCC2Cc2ccccc2C3)n1. The molecule has 1 aromatic heterocycles. The predicted molar refractivity (Wildman–Crippen MR) is 80.5 cm³/mol. The topological polar surface area (TPSA) is 43.8 Å². The maximum absolute atomic E-state index is 6.18. The summed E-state index contributed by atoms with van der Waals surface area (Å²) in [4.78, 5) is 0. The second kappa shape index (κ2) is 4.37. The van der Waals surface area contributed by atoms with Gasteiger partial charge in [-0.05, 0) is 55.6 Å². The first kappa shape index (κ1) is 12.0. The van der Waals surface area contributed by atoms with Crippen molar-refractivity contribution in [2.24, 2.45) is 11.8 Å². The number of aryl methyl sites for hydroxylation is 1. The van der Waals surface area contributed by atoms with E-state index in [1.54, 1.807) is 0 Å². The Labute approximate surface area is 119 Å². The predicted octanol–water partition coefficient (Wildman–Crippen LogP) is 3.14. The van der Waals surface area contributed by atoms with E-state index in [9.17, 15) is 0 Å². The minimum Gasteiger partial charge on any atom is -0.384 e. The van der Waals surface area contributed by atoms with E-state index in [1.807, 2.05) is 13.0 Å².